The van der Waals surface area contributed by atoms with Crippen molar-refractivity contribution in [1.82, 2.24) is 4.90 Å². The normalized spacial score (nSPS) is 21.8. The molecule has 1 atom stereocenters. The maximum absolute atomic E-state index is 9.23. The largest absolute Gasteiger partial charge is 0.393 e. The van der Waals surface area contributed by atoms with Gasteiger partial charge in [0.1, 0.15) is 0 Å². The van der Waals surface area contributed by atoms with E-state index in [1.165, 1.54) is 5.57 Å². The molecular formula is C11H21NO. The van der Waals surface area contributed by atoms with Crippen molar-refractivity contribution in [2.75, 3.05) is 13.1 Å². The van der Waals surface area contributed by atoms with Gasteiger partial charge in [-0.3, -0.25) is 4.90 Å². The Hall–Kier alpha value is -0.340. The molecule has 2 heteroatoms. The molecule has 1 N–H and O–H groups in total. The van der Waals surface area contributed by atoms with Crippen LogP contribution in [0.25, 0.3) is 0 Å². The average Bonchev–Trinajstić information content (AvgIpc) is 2.04. The molecule has 0 aromatic heterocycles. The van der Waals surface area contributed by atoms with E-state index in [4.69, 9.17) is 0 Å². The van der Waals surface area contributed by atoms with Crippen LogP contribution in [0.1, 0.15) is 33.6 Å². The maximum Gasteiger partial charge on any atom is 0.0549 e. The number of aliphatic hydroxyl groups is 1. The van der Waals surface area contributed by atoms with E-state index in [9.17, 15) is 5.11 Å². The lowest BCUT2D eigenvalue weighted by molar-refractivity contribution is 0.187. The van der Waals surface area contributed by atoms with Gasteiger partial charge in [0.25, 0.3) is 0 Å². The lowest BCUT2D eigenvalue weighted by Crippen LogP contribution is -2.34. The molecule has 0 saturated carbocycles. The van der Waals surface area contributed by atoms with Crippen molar-refractivity contribution >= 4 is 0 Å². The van der Waals surface area contributed by atoms with Crippen molar-refractivity contribution in [2.45, 2.75) is 45.8 Å². The van der Waals surface area contributed by atoms with Crippen LogP contribution in [0.4, 0.5) is 0 Å². The molecule has 2 nitrogen and oxygen atoms in total. The second kappa shape index (κ2) is 4.77. The Labute approximate surface area is 81.2 Å². The molecule has 0 aromatic carbocycles. The number of aliphatic hydroxyl groups excluding tert-OH is 1. The zero-order valence-corrected chi connectivity index (χ0v) is 8.95. The van der Waals surface area contributed by atoms with Gasteiger partial charge in [-0.05, 0) is 33.6 Å². The van der Waals surface area contributed by atoms with E-state index in [1.54, 1.807) is 0 Å². The summed E-state index contributed by atoms with van der Waals surface area (Å²) < 4.78 is 0. The Bertz CT molecular complexity index is 185. The highest BCUT2D eigenvalue weighted by Gasteiger charge is 2.14. The van der Waals surface area contributed by atoms with E-state index < -0.39 is 0 Å². The third-order valence-electron chi connectivity index (χ3n) is 2.62. The molecule has 0 radical (unpaired) electrons. The van der Waals surface area contributed by atoms with Crippen molar-refractivity contribution in [3.63, 3.8) is 0 Å². The fraction of sp³-hybridized carbons (Fsp3) is 0.818. The first kappa shape index (κ1) is 10.7. The zero-order chi connectivity index (χ0) is 9.84. The third kappa shape index (κ3) is 3.49. The lowest BCUT2D eigenvalue weighted by atomic mass is 10.0. The van der Waals surface area contributed by atoms with Crippen molar-refractivity contribution in [1.29, 1.82) is 0 Å². The Kier molecular flexibility index (Phi) is 3.94. The van der Waals surface area contributed by atoms with Crippen LogP contribution >= 0.6 is 0 Å². The zero-order valence-electron chi connectivity index (χ0n) is 8.95. The number of rotatable bonds is 3. The van der Waals surface area contributed by atoms with E-state index in [0.717, 1.165) is 25.9 Å². The standard InChI is InChI=1S/C11H21NO/c1-9(2)12-6-4-11(5-7-12)8-10(3)13/h4,9-10,13H,5-8H2,1-3H3. The second-order valence-electron chi connectivity index (χ2n) is 4.25. The molecule has 1 rings (SSSR count). The Morgan fingerprint density at radius 1 is 1.46 bits per heavy atom. The first-order valence-corrected chi connectivity index (χ1v) is 5.19. The van der Waals surface area contributed by atoms with E-state index in [2.05, 4.69) is 24.8 Å². The summed E-state index contributed by atoms with van der Waals surface area (Å²) in [6.45, 7) is 8.52. The molecule has 0 bridgehead atoms. The summed E-state index contributed by atoms with van der Waals surface area (Å²) >= 11 is 0. The number of hydrogen-bond acceptors (Lipinski definition) is 2. The van der Waals surface area contributed by atoms with E-state index >= 15 is 0 Å². The summed E-state index contributed by atoms with van der Waals surface area (Å²) in [7, 11) is 0. The molecule has 76 valence electrons. The Balaban J connectivity index is 2.39. The predicted molar refractivity (Wildman–Crippen MR) is 55.7 cm³/mol. The lowest BCUT2D eigenvalue weighted by Gasteiger charge is -2.29. The van der Waals surface area contributed by atoms with Gasteiger partial charge in [-0.25, -0.2) is 0 Å². The maximum atomic E-state index is 9.23. The molecule has 1 unspecified atom stereocenters. The third-order valence-corrected chi connectivity index (χ3v) is 2.62. The van der Waals surface area contributed by atoms with Gasteiger partial charge >= 0.3 is 0 Å². The molecule has 0 aliphatic carbocycles. The van der Waals surface area contributed by atoms with Gasteiger partial charge in [-0.2, -0.15) is 0 Å². The van der Waals surface area contributed by atoms with Gasteiger partial charge in [0.15, 0.2) is 0 Å². The minimum absolute atomic E-state index is 0.183. The summed E-state index contributed by atoms with van der Waals surface area (Å²) in [5.41, 5.74) is 1.42. The van der Waals surface area contributed by atoms with Gasteiger partial charge < -0.3 is 5.11 Å². The first-order valence-electron chi connectivity index (χ1n) is 5.19. The molecule has 1 aliphatic heterocycles. The van der Waals surface area contributed by atoms with Crippen molar-refractivity contribution in [2.24, 2.45) is 0 Å². The highest BCUT2D eigenvalue weighted by molar-refractivity contribution is 5.08. The summed E-state index contributed by atoms with van der Waals surface area (Å²) in [6.07, 6.45) is 4.07. The SMILES string of the molecule is CC(O)CC1=CCN(C(C)C)CC1. The van der Waals surface area contributed by atoms with E-state index in [1.807, 2.05) is 6.92 Å². The van der Waals surface area contributed by atoms with Gasteiger partial charge in [0, 0.05) is 19.1 Å². The first-order chi connectivity index (χ1) is 6.09. The van der Waals surface area contributed by atoms with Gasteiger partial charge in [-0.15, -0.1) is 0 Å². The van der Waals surface area contributed by atoms with Crippen LogP contribution in [-0.2, 0) is 0 Å². The Morgan fingerprint density at radius 2 is 2.15 bits per heavy atom. The monoisotopic (exact) mass is 183 g/mol. The topological polar surface area (TPSA) is 23.5 Å². The smallest absolute Gasteiger partial charge is 0.0549 e. The summed E-state index contributed by atoms with van der Waals surface area (Å²) in [5, 5.41) is 9.23. The summed E-state index contributed by atoms with van der Waals surface area (Å²) in [5.74, 6) is 0. The van der Waals surface area contributed by atoms with Crippen LogP contribution in [0.2, 0.25) is 0 Å². The van der Waals surface area contributed by atoms with Crippen molar-refractivity contribution in [3.05, 3.63) is 11.6 Å². The van der Waals surface area contributed by atoms with Crippen LogP contribution in [0.15, 0.2) is 11.6 Å². The highest BCUT2D eigenvalue weighted by atomic mass is 16.3. The Morgan fingerprint density at radius 3 is 2.54 bits per heavy atom. The summed E-state index contributed by atoms with van der Waals surface area (Å²) in [6, 6.07) is 0.643. The van der Waals surface area contributed by atoms with Crippen LogP contribution in [0.3, 0.4) is 0 Å². The average molecular weight is 183 g/mol. The number of hydrogen-bond donors (Lipinski definition) is 1. The molecule has 0 aromatic rings. The number of nitrogens with zero attached hydrogens (tertiary/aromatic N) is 1. The van der Waals surface area contributed by atoms with Crippen LogP contribution in [-0.4, -0.2) is 35.2 Å². The molecule has 1 heterocycles. The van der Waals surface area contributed by atoms with Gasteiger partial charge in [0.05, 0.1) is 6.10 Å². The van der Waals surface area contributed by atoms with Crippen LogP contribution < -0.4 is 0 Å². The molecule has 1 aliphatic rings. The molecule has 0 fully saturated rings. The predicted octanol–water partition coefficient (Wildman–Crippen LogP) is 1.80. The highest BCUT2D eigenvalue weighted by Crippen LogP contribution is 2.17. The van der Waals surface area contributed by atoms with Crippen LogP contribution in [0, 0.1) is 0 Å². The van der Waals surface area contributed by atoms with Gasteiger partial charge in [0.2, 0.25) is 0 Å². The van der Waals surface area contributed by atoms with E-state index in [-0.39, 0.29) is 6.10 Å². The molecular weight excluding hydrogens is 162 g/mol. The fourth-order valence-electron chi connectivity index (χ4n) is 1.76. The van der Waals surface area contributed by atoms with Crippen molar-refractivity contribution < 1.29 is 5.11 Å². The molecule has 13 heavy (non-hydrogen) atoms. The van der Waals surface area contributed by atoms with Crippen LogP contribution in [0.5, 0.6) is 0 Å². The minimum Gasteiger partial charge on any atom is -0.393 e. The molecule has 0 saturated heterocycles. The fourth-order valence-corrected chi connectivity index (χ4v) is 1.76. The quantitative estimate of drug-likeness (QED) is 0.674. The molecule has 0 spiro atoms. The second-order valence-corrected chi connectivity index (χ2v) is 4.25. The van der Waals surface area contributed by atoms with Gasteiger partial charge in [-0.1, -0.05) is 11.6 Å². The minimum atomic E-state index is -0.183. The van der Waals surface area contributed by atoms with E-state index in [0.29, 0.717) is 6.04 Å². The molecule has 0 amide bonds. The summed E-state index contributed by atoms with van der Waals surface area (Å²) in [4.78, 5) is 2.45. The van der Waals surface area contributed by atoms with Crippen molar-refractivity contribution in [3.8, 4) is 0 Å².